The summed E-state index contributed by atoms with van der Waals surface area (Å²) in [5, 5.41) is 0. The number of hydrogen-bond acceptors (Lipinski definition) is 9. The van der Waals surface area contributed by atoms with Crippen molar-refractivity contribution in [3.63, 3.8) is 0 Å². The molecule has 6 aromatic carbocycles. The smallest absolute Gasteiger partial charge is 0.249 e. The van der Waals surface area contributed by atoms with Crippen LogP contribution in [-0.2, 0) is 69.0 Å². The third-order valence-corrected chi connectivity index (χ3v) is 23.8. The maximum atomic E-state index is 14.0. The van der Waals surface area contributed by atoms with Crippen LogP contribution in [0.25, 0.3) is 16.7 Å². The molecule has 0 aliphatic carbocycles. The van der Waals surface area contributed by atoms with Crippen LogP contribution in [0, 0.1) is 54.8 Å². The van der Waals surface area contributed by atoms with Gasteiger partial charge in [-0.05, 0) is 221 Å². The first kappa shape index (κ1) is 84.8. The highest BCUT2D eigenvalue weighted by atomic mass is 16.2. The zero-order valence-corrected chi connectivity index (χ0v) is 69.5. The summed E-state index contributed by atoms with van der Waals surface area (Å²) in [4.78, 5) is 134. The number of anilines is 2. The molecule has 3 fully saturated rings. The molecule has 0 saturated carbocycles. The van der Waals surface area contributed by atoms with Crippen molar-refractivity contribution < 1.29 is 43.2 Å². The Bertz CT molecular complexity index is 4490. The zero-order chi connectivity index (χ0) is 80.9. The fourth-order valence-corrected chi connectivity index (χ4v) is 16.9. The van der Waals surface area contributed by atoms with Crippen LogP contribution in [0.2, 0.25) is 0 Å². The number of fused-ring (bicyclic) bond motifs is 3. The number of para-hydroxylation sites is 2. The summed E-state index contributed by atoms with van der Waals surface area (Å²) in [5.41, 5.74) is 14.8. The summed E-state index contributed by atoms with van der Waals surface area (Å²) >= 11 is 0. The van der Waals surface area contributed by atoms with E-state index in [1.807, 2.05) is 240 Å². The van der Waals surface area contributed by atoms with Gasteiger partial charge in [-0.2, -0.15) is 0 Å². The van der Waals surface area contributed by atoms with Crippen molar-refractivity contribution in [1.82, 2.24) is 19.6 Å². The molecule has 12 rings (SSSR count). The van der Waals surface area contributed by atoms with E-state index < -0.39 is 52.1 Å². The highest BCUT2D eigenvalue weighted by Gasteiger charge is 2.47. The van der Waals surface area contributed by atoms with Crippen molar-refractivity contribution in [2.24, 2.45) is 34.0 Å². The van der Waals surface area contributed by atoms with Crippen molar-refractivity contribution in [3.8, 4) is 0 Å². The Labute approximate surface area is 667 Å². The van der Waals surface area contributed by atoms with Crippen molar-refractivity contribution in [2.45, 2.75) is 225 Å². The third kappa shape index (κ3) is 21.4. The molecule has 0 aromatic heterocycles. The minimum Gasteiger partial charge on any atom is -0.336 e. The van der Waals surface area contributed by atoms with Crippen molar-refractivity contribution in [1.29, 1.82) is 0 Å². The van der Waals surface area contributed by atoms with Gasteiger partial charge in [0.25, 0.3) is 0 Å². The van der Waals surface area contributed by atoms with Gasteiger partial charge in [0.1, 0.15) is 18.1 Å². The van der Waals surface area contributed by atoms with E-state index in [4.69, 9.17) is 0 Å². The number of hydrogen-bond donors (Lipinski definition) is 0. The van der Waals surface area contributed by atoms with Crippen LogP contribution in [0.5, 0.6) is 0 Å². The number of rotatable bonds is 18. The summed E-state index contributed by atoms with van der Waals surface area (Å²) in [6, 6.07) is 47.4. The first-order valence-corrected chi connectivity index (χ1v) is 41.1. The predicted molar refractivity (Wildman–Crippen MR) is 451 cm³/mol. The zero-order valence-electron chi connectivity index (χ0n) is 69.5. The minimum atomic E-state index is -0.498. The van der Waals surface area contributed by atoms with E-state index in [9.17, 15) is 43.2 Å². The number of aryl methyl sites for hydroxylation is 5. The molecule has 6 heterocycles. The molecule has 6 aliphatic heterocycles. The largest absolute Gasteiger partial charge is 0.336 e. The quantitative estimate of drug-likeness (QED) is 0.0759. The van der Waals surface area contributed by atoms with Gasteiger partial charge in [-0.25, -0.2) is 0 Å². The van der Waals surface area contributed by atoms with Gasteiger partial charge in [-0.1, -0.05) is 212 Å². The molecule has 15 nitrogen and oxygen atoms in total. The number of likely N-dealkylation sites (tertiary alicyclic amines) is 3. The van der Waals surface area contributed by atoms with Gasteiger partial charge in [0.05, 0.1) is 17.8 Å². The lowest BCUT2D eigenvalue weighted by Crippen LogP contribution is -2.52. The summed E-state index contributed by atoms with van der Waals surface area (Å²) in [6.07, 6.45) is 15.5. The first-order valence-electron chi connectivity index (χ1n) is 41.1. The first-order chi connectivity index (χ1) is 53.2. The Morgan fingerprint density at radius 3 is 1.02 bits per heavy atom. The molecule has 0 spiro atoms. The van der Waals surface area contributed by atoms with Crippen LogP contribution in [0.4, 0.5) is 11.4 Å². The normalized spacial score (nSPS) is 19.0. The van der Waals surface area contributed by atoms with E-state index >= 15 is 0 Å². The second-order valence-electron chi connectivity index (χ2n) is 35.5. The predicted octanol–water partition coefficient (Wildman–Crippen LogP) is 18.0. The second-order valence-corrected chi connectivity index (χ2v) is 35.5. The second kappa shape index (κ2) is 37.3. The van der Waals surface area contributed by atoms with E-state index in [0.29, 0.717) is 65.1 Å². The highest BCUT2D eigenvalue weighted by Crippen LogP contribution is 2.40. The molecule has 3 saturated heterocycles. The molecule has 0 N–H and O–H groups in total. The third-order valence-electron chi connectivity index (χ3n) is 23.8. The van der Waals surface area contributed by atoms with E-state index in [-0.39, 0.29) is 72.1 Å². The summed E-state index contributed by atoms with van der Waals surface area (Å²) in [6.45, 7) is 34.3. The number of ketones is 3. The van der Waals surface area contributed by atoms with Crippen molar-refractivity contribution in [2.75, 3.05) is 49.1 Å². The Morgan fingerprint density at radius 1 is 0.348 bits per heavy atom. The van der Waals surface area contributed by atoms with E-state index in [1.165, 1.54) is 38.9 Å². The Hall–Kier alpha value is -9.63. The minimum absolute atomic E-state index is 0.00657. The molecule has 15 heteroatoms. The lowest BCUT2D eigenvalue weighted by atomic mass is 9.76. The molecule has 112 heavy (non-hydrogen) atoms. The van der Waals surface area contributed by atoms with Crippen LogP contribution in [0.1, 0.15) is 216 Å². The average molecular weight is 1520 g/mol. The number of benzene rings is 6. The molecule has 0 unspecified atom stereocenters. The lowest BCUT2D eigenvalue weighted by molar-refractivity contribution is -0.149. The SMILES string of the molecule is C/C(=C\C(=O)C[C@H](C(=O)N1CCC[C@H]1C(=O)N1CCCCc2ccccc21)C(C)(C)C)c1ccc(C)cc1.C/C(=C\C(=O)C[C@H](C(=O)N1CCC[C@H]1C(=O)N1CCCc2ccccc21)C(C)(C)C)c1ccc(C)cc1.C/C(=C\C(=O)C[C@H](C(=O)N1CCC[C@H]1C(=O)N1CCc2ccccc2C1)C(C)(C)C)c1ccc(C)cc1. The molecular weight excluding hydrogens is 1390 g/mol. The van der Waals surface area contributed by atoms with Crippen molar-refractivity contribution in [3.05, 3.63) is 219 Å². The van der Waals surface area contributed by atoms with Gasteiger partial charge in [0, 0.05) is 76.5 Å². The number of amides is 6. The molecule has 6 aliphatic rings. The molecule has 0 radical (unpaired) electrons. The molecule has 0 bridgehead atoms. The van der Waals surface area contributed by atoms with Gasteiger partial charge < -0.3 is 29.4 Å². The van der Waals surface area contributed by atoms with Crippen LogP contribution in [-0.4, -0.2) is 130 Å². The molecule has 594 valence electrons. The number of carbonyl (C=O) groups excluding carboxylic acids is 9. The summed E-state index contributed by atoms with van der Waals surface area (Å²) in [5.74, 6) is -1.83. The van der Waals surface area contributed by atoms with Gasteiger partial charge in [0.15, 0.2) is 17.3 Å². The van der Waals surface area contributed by atoms with Gasteiger partial charge in [-0.3, -0.25) is 43.2 Å². The highest BCUT2D eigenvalue weighted by molar-refractivity contribution is 6.05. The molecule has 6 amide bonds. The average Bonchev–Trinajstić information content (AvgIpc) is 0.991. The Balaban J connectivity index is 0.000000178. The maximum absolute atomic E-state index is 14.0. The monoisotopic (exact) mass is 1510 g/mol. The molecule has 6 aromatic rings. The van der Waals surface area contributed by atoms with Crippen LogP contribution in [0.15, 0.2) is 164 Å². The fraction of sp³-hybridized carbons (Fsp3) is 0.474. The number of allylic oxidation sites excluding steroid dienone is 6. The number of carbonyl (C=O) groups is 9. The summed E-state index contributed by atoms with van der Waals surface area (Å²) in [7, 11) is 0. The van der Waals surface area contributed by atoms with Gasteiger partial charge in [0.2, 0.25) is 35.4 Å². The molecule has 6 atom stereocenters. The summed E-state index contributed by atoms with van der Waals surface area (Å²) < 4.78 is 0. The van der Waals surface area contributed by atoms with Crippen LogP contribution < -0.4 is 9.80 Å². The maximum Gasteiger partial charge on any atom is 0.249 e. The van der Waals surface area contributed by atoms with E-state index in [1.54, 1.807) is 32.9 Å². The van der Waals surface area contributed by atoms with Crippen LogP contribution >= 0.6 is 0 Å². The number of nitrogens with zero attached hydrogens (tertiary/aromatic N) is 6. The Kier molecular flexibility index (Phi) is 28.3. The lowest BCUT2D eigenvalue weighted by Gasteiger charge is -2.37. The topological polar surface area (TPSA) is 173 Å². The Morgan fingerprint density at radius 2 is 0.661 bits per heavy atom. The van der Waals surface area contributed by atoms with Gasteiger partial charge in [-0.15, -0.1) is 0 Å². The standard InChI is InChI=1S/C33H42N2O3.2C32H40N2O3/c1-23-15-17-25(18-16-23)24(2)21-27(36)22-28(33(3,4)5)31(37)35-20-10-14-30(35)32(38)34-19-9-8-12-26-11-6-7-13-29(26)34;1-22-14-16-24(17-15-22)23(2)20-26(35)21-27(32(3,4)5)30(36)34-19-9-13-29(34)31(37)33-18-8-11-25-10-6-7-12-28(25)33;1-22-12-14-24(15-13-22)23(2)19-27(35)20-28(32(3,4)5)30(36)34-17-8-11-29(34)31(37)33-18-16-25-9-6-7-10-26(25)21-33/h6-7,11,13,15-18,21,28,30H,8-10,12,14,19-20,22H2,1-5H3;6-7,10,12,14-17,20,27,29H,8-9,11,13,18-19,21H2,1-5H3;6-7,9-10,12-15,19,28-29H,8,11,16-18,20-21H2,1-5H3/b24-21+;23-20+;23-19+/t28-,30+;27-,29+;28-,29+/m111/s1. The van der Waals surface area contributed by atoms with Crippen molar-refractivity contribution >= 4 is 80.9 Å². The van der Waals surface area contributed by atoms with Gasteiger partial charge >= 0.3 is 0 Å². The van der Waals surface area contributed by atoms with E-state index in [2.05, 4.69) is 24.3 Å². The molecular formula is C97H122N6O9. The fourth-order valence-electron chi connectivity index (χ4n) is 16.9. The van der Waals surface area contributed by atoms with Crippen LogP contribution in [0.3, 0.4) is 0 Å². The van der Waals surface area contributed by atoms with E-state index in [0.717, 1.165) is 103 Å².